The molecule has 0 bridgehead atoms. The number of rotatable bonds is 5. The van der Waals surface area contributed by atoms with Crippen LogP contribution in [0.25, 0.3) is 0 Å². The predicted molar refractivity (Wildman–Crippen MR) is 114 cm³/mol. The number of sulfonamides is 1. The minimum Gasteiger partial charge on any atom is -0.321 e. The minimum atomic E-state index is -3.69. The fourth-order valence-electron chi connectivity index (χ4n) is 3.49. The molecular formula is C21H25N3O5S. The summed E-state index contributed by atoms with van der Waals surface area (Å²) in [6.07, 6.45) is 3.67. The van der Waals surface area contributed by atoms with Gasteiger partial charge in [-0.15, -0.1) is 0 Å². The normalized spacial score (nSPS) is 15.4. The molecule has 1 aliphatic rings. The lowest BCUT2D eigenvalue weighted by molar-refractivity contribution is -0.384. The molecule has 2 aromatic rings. The van der Waals surface area contributed by atoms with Gasteiger partial charge in [-0.1, -0.05) is 25.0 Å². The molecule has 1 amide bonds. The molecule has 0 spiro atoms. The first-order valence-corrected chi connectivity index (χ1v) is 11.3. The molecule has 9 heteroatoms. The summed E-state index contributed by atoms with van der Waals surface area (Å²) in [5.41, 5.74) is 1.68. The van der Waals surface area contributed by atoms with Crippen LogP contribution in [0.3, 0.4) is 0 Å². The van der Waals surface area contributed by atoms with Gasteiger partial charge in [0, 0.05) is 30.8 Å². The zero-order valence-corrected chi connectivity index (χ0v) is 17.9. The Morgan fingerprint density at radius 2 is 1.63 bits per heavy atom. The Kier molecular flexibility index (Phi) is 6.52. The standard InChI is InChI=1S/C21H25N3O5S/c1-15-8-10-18(30(28,29)23-11-5-3-4-6-12-23)14-19(15)21(25)22-20-13-17(24(26)27)9-7-16(20)2/h7-10,13-14H,3-6,11-12H2,1-2H3,(H,22,25). The van der Waals surface area contributed by atoms with E-state index < -0.39 is 20.9 Å². The van der Waals surface area contributed by atoms with Crippen LogP contribution in [0.2, 0.25) is 0 Å². The van der Waals surface area contributed by atoms with Gasteiger partial charge in [0.05, 0.1) is 15.5 Å². The van der Waals surface area contributed by atoms with Crippen LogP contribution in [0.1, 0.15) is 47.2 Å². The number of carbonyl (C=O) groups is 1. The Morgan fingerprint density at radius 3 is 2.27 bits per heavy atom. The van der Waals surface area contributed by atoms with Gasteiger partial charge in [0.2, 0.25) is 10.0 Å². The van der Waals surface area contributed by atoms with Gasteiger partial charge < -0.3 is 5.32 Å². The van der Waals surface area contributed by atoms with E-state index in [1.165, 1.54) is 28.6 Å². The molecule has 1 fully saturated rings. The molecule has 1 N–H and O–H groups in total. The summed E-state index contributed by atoms with van der Waals surface area (Å²) in [4.78, 5) is 23.5. The molecule has 3 rings (SSSR count). The van der Waals surface area contributed by atoms with Crippen LogP contribution < -0.4 is 5.32 Å². The average molecular weight is 432 g/mol. The number of anilines is 1. The van der Waals surface area contributed by atoms with Crippen molar-refractivity contribution in [2.24, 2.45) is 0 Å². The smallest absolute Gasteiger partial charge is 0.271 e. The number of carbonyl (C=O) groups excluding carboxylic acids is 1. The lowest BCUT2D eigenvalue weighted by atomic mass is 10.1. The quantitative estimate of drug-likeness (QED) is 0.568. The molecule has 0 saturated carbocycles. The molecule has 1 saturated heterocycles. The SMILES string of the molecule is Cc1ccc([N+](=O)[O-])cc1NC(=O)c1cc(S(=O)(=O)N2CCCCCC2)ccc1C. The van der Waals surface area contributed by atoms with E-state index in [1.807, 2.05) is 0 Å². The summed E-state index contributed by atoms with van der Waals surface area (Å²) in [5, 5.41) is 13.7. The zero-order chi connectivity index (χ0) is 21.9. The zero-order valence-electron chi connectivity index (χ0n) is 17.1. The number of hydrogen-bond acceptors (Lipinski definition) is 5. The van der Waals surface area contributed by atoms with Crippen LogP contribution in [0, 0.1) is 24.0 Å². The van der Waals surface area contributed by atoms with Crippen LogP contribution in [-0.4, -0.2) is 36.6 Å². The molecule has 0 aliphatic carbocycles. The van der Waals surface area contributed by atoms with E-state index in [4.69, 9.17) is 0 Å². The van der Waals surface area contributed by atoms with Crippen LogP contribution in [0.5, 0.6) is 0 Å². The van der Waals surface area contributed by atoms with E-state index in [0.29, 0.717) is 29.9 Å². The number of nitrogens with one attached hydrogen (secondary N) is 1. The van der Waals surface area contributed by atoms with E-state index in [0.717, 1.165) is 25.7 Å². The van der Waals surface area contributed by atoms with Gasteiger partial charge >= 0.3 is 0 Å². The van der Waals surface area contributed by atoms with Crippen LogP contribution in [-0.2, 0) is 10.0 Å². The number of non-ortho nitro benzene ring substituents is 1. The van der Waals surface area contributed by atoms with Crippen LogP contribution in [0.4, 0.5) is 11.4 Å². The first-order valence-electron chi connectivity index (χ1n) is 9.87. The topological polar surface area (TPSA) is 110 Å². The number of nitro groups is 1. The number of nitrogens with zero attached hydrogens (tertiary/aromatic N) is 2. The maximum Gasteiger partial charge on any atom is 0.271 e. The Morgan fingerprint density at radius 1 is 1.00 bits per heavy atom. The number of hydrogen-bond donors (Lipinski definition) is 1. The van der Waals surface area contributed by atoms with Gasteiger partial charge in [-0.2, -0.15) is 4.31 Å². The first-order chi connectivity index (χ1) is 14.2. The third-order valence-corrected chi connectivity index (χ3v) is 7.23. The highest BCUT2D eigenvalue weighted by Crippen LogP contribution is 2.25. The third-order valence-electron chi connectivity index (χ3n) is 5.34. The van der Waals surface area contributed by atoms with Gasteiger partial charge in [0.1, 0.15) is 0 Å². The molecule has 1 aliphatic heterocycles. The highest BCUT2D eigenvalue weighted by molar-refractivity contribution is 7.89. The lowest BCUT2D eigenvalue weighted by Gasteiger charge is -2.20. The Hall–Kier alpha value is -2.78. The monoisotopic (exact) mass is 431 g/mol. The van der Waals surface area contributed by atoms with E-state index in [9.17, 15) is 23.3 Å². The van der Waals surface area contributed by atoms with Gasteiger partial charge in [-0.25, -0.2) is 8.42 Å². The van der Waals surface area contributed by atoms with Crippen LogP contribution in [0.15, 0.2) is 41.3 Å². The van der Waals surface area contributed by atoms with Crippen molar-refractivity contribution < 1.29 is 18.1 Å². The van der Waals surface area contributed by atoms with Crippen molar-refractivity contribution in [2.45, 2.75) is 44.4 Å². The van der Waals surface area contributed by atoms with E-state index in [1.54, 1.807) is 26.0 Å². The van der Waals surface area contributed by atoms with Gasteiger partial charge in [0.25, 0.3) is 11.6 Å². The number of benzene rings is 2. The molecule has 0 radical (unpaired) electrons. The summed E-state index contributed by atoms with van der Waals surface area (Å²) in [7, 11) is -3.69. The Bertz CT molecular complexity index is 1070. The molecule has 160 valence electrons. The fourth-order valence-corrected chi connectivity index (χ4v) is 5.03. The fraction of sp³-hybridized carbons (Fsp3) is 0.381. The third kappa shape index (κ3) is 4.68. The molecule has 8 nitrogen and oxygen atoms in total. The highest BCUT2D eigenvalue weighted by atomic mass is 32.2. The Balaban J connectivity index is 1.91. The van der Waals surface area contributed by atoms with Crippen molar-refractivity contribution in [1.29, 1.82) is 0 Å². The van der Waals surface area contributed by atoms with Gasteiger partial charge in [-0.05, 0) is 49.9 Å². The van der Waals surface area contributed by atoms with E-state index >= 15 is 0 Å². The van der Waals surface area contributed by atoms with Crippen LogP contribution >= 0.6 is 0 Å². The van der Waals surface area contributed by atoms with E-state index in [-0.39, 0.29) is 16.1 Å². The molecule has 0 atom stereocenters. The summed E-state index contributed by atoms with van der Waals surface area (Å²) >= 11 is 0. The largest absolute Gasteiger partial charge is 0.321 e. The van der Waals surface area contributed by atoms with E-state index in [2.05, 4.69) is 5.32 Å². The number of amides is 1. The van der Waals surface area contributed by atoms with Crippen molar-refractivity contribution in [1.82, 2.24) is 4.31 Å². The van der Waals surface area contributed by atoms with Crippen molar-refractivity contribution in [3.05, 3.63) is 63.2 Å². The maximum absolute atomic E-state index is 13.1. The molecule has 2 aromatic carbocycles. The molecule has 30 heavy (non-hydrogen) atoms. The second-order valence-electron chi connectivity index (χ2n) is 7.51. The highest BCUT2D eigenvalue weighted by Gasteiger charge is 2.26. The van der Waals surface area contributed by atoms with Crippen molar-refractivity contribution in [2.75, 3.05) is 18.4 Å². The number of nitro benzene ring substituents is 1. The maximum atomic E-state index is 13.1. The second kappa shape index (κ2) is 8.93. The minimum absolute atomic E-state index is 0.0796. The predicted octanol–water partition coefficient (Wildman–Crippen LogP) is 4.03. The molecule has 1 heterocycles. The van der Waals surface area contributed by atoms with Crippen molar-refractivity contribution in [3.63, 3.8) is 0 Å². The van der Waals surface area contributed by atoms with Crippen molar-refractivity contribution >= 4 is 27.3 Å². The van der Waals surface area contributed by atoms with Gasteiger partial charge in [-0.3, -0.25) is 14.9 Å². The summed E-state index contributed by atoms with van der Waals surface area (Å²) in [5.74, 6) is -0.510. The summed E-state index contributed by atoms with van der Waals surface area (Å²) in [6, 6.07) is 8.73. The Labute approximate surface area is 176 Å². The van der Waals surface area contributed by atoms with Gasteiger partial charge in [0.15, 0.2) is 0 Å². The second-order valence-corrected chi connectivity index (χ2v) is 9.44. The first kappa shape index (κ1) is 21.9. The summed E-state index contributed by atoms with van der Waals surface area (Å²) < 4.78 is 27.6. The number of aryl methyl sites for hydroxylation is 2. The lowest BCUT2D eigenvalue weighted by Crippen LogP contribution is -2.32. The summed E-state index contributed by atoms with van der Waals surface area (Å²) in [6.45, 7) is 4.40. The average Bonchev–Trinajstić information content (AvgIpc) is 2.99. The van der Waals surface area contributed by atoms with Crippen molar-refractivity contribution in [3.8, 4) is 0 Å². The molecule has 0 unspecified atom stereocenters. The molecule has 0 aromatic heterocycles. The molecular weight excluding hydrogens is 406 g/mol.